The Morgan fingerprint density at radius 2 is 1.82 bits per heavy atom. The molecular formula is C21H20F3N5O3S. The molecular weight excluding hydrogens is 459 g/mol. The van der Waals surface area contributed by atoms with Gasteiger partial charge in [0.1, 0.15) is 5.75 Å². The van der Waals surface area contributed by atoms with Crippen molar-refractivity contribution in [3.8, 4) is 22.8 Å². The first-order valence-electron chi connectivity index (χ1n) is 9.60. The smallest absolute Gasteiger partial charge is 0.416 e. The molecule has 8 nitrogen and oxygen atoms in total. The molecule has 1 atom stereocenters. The van der Waals surface area contributed by atoms with Crippen LogP contribution in [-0.2, 0) is 11.0 Å². The first-order chi connectivity index (χ1) is 15.6. The number of carbonyl (C=O) groups is 2. The van der Waals surface area contributed by atoms with E-state index >= 15 is 0 Å². The summed E-state index contributed by atoms with van der Waals surface area (Å²) in [6, 6.07) is 10.8. The number of amides is 3. The third-order valence-corrected chi connectivity index (χ3v) is 5.57. The van der Waals surface area contributed by atoms with Gasteiger partial charge in [0.25, 0.3) is 0 Å². The van der Waals surface area contributed by atoms with Crippen LogP contribution in [0.4, 0.5) is 18.0 Å². The number of nitrogens with one attached hydrogen (secondary N) is 2. The van der Waals surface area contributed by atoms with Crippen molar-refractivity contribution in [2.75, 3.05) is 14.2 Å². The molecule has 3 rings (SSSR count). The van der Waals surface area contributed by atoms with E-state index in [0.29, 0.717) is 11.3 Å². The largest absolute Gasteiger partial charge is 0.497 e. The normalized spacial score (nSPS) is 12.2. The third kappa shape index (κ3) is 5.64. The van der Waals surface area contributed by atoms with Gasteiger partial charge >= 0.3 is 12.2 Å². The predicted octanol–water partition coefficient (Wildman–Crippen LogP) is 3.90. The number of carbonyl (C=O) groups excluding carboxylic acids is 2. The molecule has 33 heavy (non-hydrogen) atoms. The number of alkyl halides is 3. The number of benzene rings is 2. The molecule has 1 unspecified atom stereocenters. The zero-order valence-corrected chi connectivity index (χ0v) is 18.6. The maximum Gasteiger partial charge on any atom is 0.416 e. The van der Waals surface area contributed by atoms with Crippen LogP contribution >= 0.6 is 11.8 Å². The first-order valence-corrected chi connectivity index (χ1v) is 10.5. The zero-order valence-electron chi connectivity index (χ0n) is 17.8. The molecule has 0 aliphatic rings. The Bertz CT molecular complexity index is 1150. The minimum Gasteiger partial charge on any atom is -0.497 e. The molecule has 2 aromatic carbocycles. The van der Waals surface area contributed by atoms with Gasteiger partial charge in [-0.2, -0.15) is 13.2 Å². The standard InChI is InChI=1S/C21H20F3N5O3S/c1-12(18(30)26-19(31)25-2)33-20-28-27-17(13-7-9-16(32-3)10-8-13)29(20)15-6-4-5-14(11-15)21(22,23)24/h4-12H,1-3H3,(H2,25,26,30,31). The first kappa shape index (κ1) is 24.1. The van der Waals surface area contributed by atoms with Crippen molar-refractivity contribution in [2.24, 2.45) is 0 Å². The minimum atomic E-state index is -4.54. The van der Waals surface area contributed by atoms with Crippen LogP contribution < -0.4 is 15.4 Å². The van der Waals surface area contributed by atoms with Crippen molar-refractivity contribution in [2.45, 2.75) is 23.5 Å². The van der Waals surface area contributed by atoms with E-state index in [4.69, 9.17) is 4.74 Å². The molecule has 0 bridgehead atoms. The third-order valence-electron chi connectivity index (χ3n) is 4.53. The van der Waals surface area contributed by atoms with Crippen LogP contribution in [0.25, 0.3) is 17.1 Å². The number of urea groups is 1. The Morgan fingerprint density at radius 3 is 2.42 bits per heavy atom. The lowest BCUT2D eigenvalue weighted by molar-refractivity contribution is -0.137. The number of rotatable bonds is 6. The Labute approximate surface area is 191 Å². The van der Waals surface area contributed by atoms with Crippen LogP contribution in [-0.4, -0.2) is 46.1 Å². The molecule has 12 heteroatoms. The lowest BCUT2D eigenvalue weighted by atomic mass is 10.1. The van der Waals surface area contributed by atoms with E-state index in [1.165, 1.54) is 30.9 Å². The number of halogens is 3. The molecule has 3 aromatic rings. The van der Waals surface area contributed by atoms with Crippen LogP contribution in [0.3, 0.4) is 0 Å². The number of methoxy groups -OCH3 is 1. The fourth-order valence-electron chi connectivity index (χ4n) is 2.82. The molecule has 2 N–H and O–H groups in total. The molecule has 0 saturated heterocycles. The van der Waals surface area contributed by atoms with Crippen molar-refractivity contribution >= 4 is 23.7 Å². The lowest BCUT2D eigenvalue weighted by Gasteiger charge is -2.15. The van der Waals surface area contributed by atoms with Crippen LogP contribution in [0.1, 0.15) is 12.5 Å². The monoisotopic (exact) mass is 479 g/mol. The summed E-state index contributed by atoms with van der Waals surface area (Å²) in [5.74, 6) is 0.278. The molecule has 0 fully saturated rings. The molecule has 1 heterocycles. The molecule has 0 saturated carbocycles. The summed E-state index contributed by atoms with van der Waals surface area (Å²) in [6.07, 6.45) is -4.54. The van der Waals surface area contributed by atoms with Gasteiger partial charge in [0.05, 0.1) is 23.6 Å². The molecule has 3 amide bonds. The molecule has 1 aromatic heterocycles. The SMILES string of the molecule is CNC(=O)NC(=O)C(C)Sc1nnc(-c2ccc(OC)cc2)n1-c1cccc(C(F)(F)F)c1. The number of hydrogen-bond donors (Lipinski definition) is 2. The summed E-state index contributed by atoms with van der Waals surface area (Å²) >= 11 is 0.953. The van der Waals surface area contributed by atoms with E-state index < -0.39 is 28.9 Å². The van der Waals surface area contributed by atoms with Gasteiger partial charge in [0.15, 0.2) is 11.0 Å². The number of hydrogen-bond acceptors (Lipinski definition) is 6. The van der Waals surface area contributed by atoms with Crippen LogP contribution in [0, 0.1) is 0 Å². The average molecular weight is 479 g/mol. The van der Waals surface area contributed by atoms with E-state index in [0.717, 1.165) is 23.9 Å². The quantitative estimate of drug-likeness (QED) is 0.521. The van der Waals surface area contributed by atoms with E-state index in [2.05, 4.69) is 20.8 Å². The second-order valence-corrected chi connectivity index (χ2v) is 8.05. The van der Waals surface area contributed by atoms with Crippen molar-refractivity contribution in [1.82, 2.24) is 25.4 Å². The van der Waals surface area contributed by atoms with Gasteiger partial charge in [-0.25, -0.2) is 4.79 Å². The zero-order chi connectivity index (χ0) is 24.2. The van der Waals surface area contributed by atoms with Gasteiger partial charge in [-0.1, -0.05) is 17.8 Å². The van der Waals surface area contributed by atoms with Gasteiger partial charge in [0, 0.05) is 12.6 Å². The summed E-state index contributed by atoms with van der Waals surface area (Å²) < 4.78 is 46.6. The van der Waals surface area contributed by atoms with Gasteiger partial charge in [-0.05, 0) is 49.4 Å². The summed E-state index contributed by atoms with van der Waals surface area (Å²) in [7, 11) is 2.88. The number of aromatic nitrogens is 3. The van der Waals surface area contributed by atoms with Gasteiger partial charge in [0.2, 0.25) is 5.91 Å². The van der Waals surface area contributed by atoms with E-state index in [-0.39, 0.29) is 16.7 Å². The van der Waals surface area contributed by atoms with Gasteiger partial charge < -0.3 is 10.1 Å². The Kier molecular flexibility index (Phi) is 7.26. The highest BCUT2D eigenvalue weighted by molar-refractivity contribution is 8.00. The minimum absolute atomic E-state index is 0.169. The Morgan fingerprint density at radius 1 is 1.12 bits per heavy atom. The second-order valence-electron chi connectivity index (χ2n) is 6.75. The summed E-state index contributed by atoms with van der Waals surface area (Å²) in [5.41, 5.74) is -0.0900. The van der Waals surface area contributed by atoms with Crippen molar-refractivity contribution in [3.05, 3.63) is 54.1 Å². The maximum atomic E-state index is 13.3. The van der Waals surface area contributed by atoms with Gasteiger partial charge in [-0.3, -0.25) is 14.7 Å². The predicted molar refractivity (Wildman–Crippen MR) is 116 cm³/mol. The van der Waals surface area contributed by atoms with Crippen molar-refractivity contribution in [3.63, 3.8) is 0 Å². The number of thioether (sulfide) groups is 1. The van der Waals surface area contributed by atoms with Crippen molar-refractivity contribution < 1.29 is 27.5 Å². The Balaban J connectivity index is 2.06. The molecule has 0 radical (unpaired) electrons. The second kappa shape index (κ2) is 9.94. The molecule has 0 spiro atoms. The lowest BCUT2D eigenvalue weighted by Crippen LogP contribution is -2.41. The fraction of sp³-hybridized carbons (Fsp3) is 0.238. The highest BCUT2D eigenvalue weighted by Gasteiger charge is 2.31. The van der Waals surface area contributed by atoms with Gasteiger partial charge in [-0.15, -0.1) is 10.2 Å². The van der Waals surface area contributed by atoms with E-state index in [9.17, 15) is 22.8 Å². The maximum absolute atomic E-state index is 13.3. The fourth-order valence-corrected chi connectivity index (χ4v) is 3.68. The van der Waals surface area contributed by atoms with Crippen LogP contribution in [0.5, 0.6) is 5.75 Å². The van der Waals surface area contributed by atoms with E-state index in [1.807, 2.05) is 0 Å². The molecule has 0 aliphatic heterocycles. The number of imide groups is 1. The summed E-state index contributed by atoms with van der Waals surface area (Å²) in [5, 5.41) is 12.1. The average Bonchev–Trinajstić information content (AvgIpc) is 3.21. The number of ether oxygens (including phenoxy) is 1. The summed E-state index contributed by atoms with van der Waals surface area (Å²) in [6.45, 7) is 1.54. The van der Waals surface area contributed by atoms with Crippen LogP contribution in [0.15, 0.2) is 53.7 Å². The van der Waals surface area contributed by atoms with E-state index in [1.54, 1.807) is 31.2 Å². The van der Waals surface area contributed by atoms with Crippen molar-refractivity contribution in [1.29, 1.82) is 0 Å². The highest BCUT2D eigenvalue weighted by atomic mass is 32.2. The Hall–Kier alpha value is -3.54. The number of nitrogens with zero attached hydrogens (tertiary/aromatic N) is 3. The molecule has 174 valence electrons. The summed E-state index contributed by atoms with van der Waals surface area (Å²) in [4.78, 5) is 23.7. The van der Waals surface area contributed by atoms with Crippen LogP contribution in [0.2, 0.25) is 0 Å². The molecule has 0 aliphatic carbocycles. The topological polar surface area (TPSA) is 98.1 Å². The highest BCUT2D eigenvalue weighted by Crippen LogP contribution is 2.34.